The summed E-state index contributed by atoms with van der Waals surface area (Å²) >= 11 is 0. The van der Waals surface area contributed by atoms with Crippen molar-refractivity contribution in [3.8, 4) is 11.3 Å². The summed E-state index contributed by atoms with van der Waals surface area (Å²) < 4.78 is 1.95. The summed E-state index contributed by atoms with van der Waals surface area (Å²) in [6.07, 6.45) is 6.01. The molecular formula is C11H13N3O2. The van der Waals surface area contributed by atoms with Crippen LogP contribution in [0.1, 0.15) is 23.8 Å². The van der Waals surface area contributed by atoms with Crippen molar-refractivity contribution in [2.45, 2.75) is 19.9 Å². The molecule has 0 aliphatic carbocycles. The van der Waals surface area contributed by atoms with Crippen LogP contribution in [0.2, 0.25) is 0 Å². The summed E-state index contributed by atoms with van der Waals surface area (Å²) in [5.41, 5.74) is 1.72. The van der Waals surface area contributed by atoms with Gasteiger partial charge >= 0.3 is 5.97 Å². The van der Waals surface area contributed by atoms with E-state index in [1.807, 2.05) is 4.57 Å². The summed E-state index contributed by atoms with van der Waals surface area (Å²) in [5, 5.41) is 9.01. The van der Waals surface area contributed by atoms with E-state index < -0.39 is 5.97 Å². The number of hydrogen-bond donors (Lipinski definition) is 2. The fourth-order valence-corrected chi connectivity index (χ4v) is 1.72. The molecule has 2 N–H and O–H groups in total. The van der Waals surface area contributed by atoms with E-state index in [-0.39, 0.29) is 5.69 Å². The number of H-pyrrole nitrogens is 1. The molecule has 0 radical (unpaired) electrons. The fraction of sp³-hybridized carbons (Fsp3) is 0.273. The van der Waals surface area contributed by atoms with Gasteiger partial charge in [-0.25, -0.2) is 9.78 Å². The Balaban J connectivity index is 2.46. The monoisotopic (exact) mass is 219 g/mol. The molecule has 16 heavy (non-hydrogen) atoms. The standard InChI is InChI=1S/C11H13N3O2/c1-2-5-14-7-12-6-9(14)8-3-4-13-10(8)11(15)16/h3-4,6-7,13H,2,5H2,1H3,(H,15,16). The first-order valence-corrected chi connectivity index (χ1v) is 5.15. The van der Waals surface area contributed by atoms with E-state index in [0.29, 0.717) is 5.56 Å². The molecule has 2 rings (SSSR count). The van der Waals surface area contributed by atoms with Crippen molar-refractivity contribution in [2.24, 2.45) is 0 Å². The number of aryl methyl sites for hydroxylation is 1. The second-order valence-electron chi connectivity index (χ2n) is 3.54. The zero-order valence-corrected chi connectivity index (χ0v) is 8.97. The minimum absolute atomic E-state index is 0.206. The number of nitrogens with one attached hydrogen (secondary N) is 1. The number of imidazole rings is 1. The molecule has 0 unspecified atom stereocenters. The molecule has 0 bridgehead atoms. The first-order chi connectivity index (χ1) is 7.74. The zero-order chi connectivity index (χ0) is 11.5. The lowest BCUT2D eigenvalue weighted by Gasteiger charge is -2.05. The minimum atomic E-state index is -0.954. The maximum absolute atomic E-state index is 11.0. The van der Waals surface area contributed by atoms with Crippen LogP contribution in [0.15, 0.2) is 24.8 Å². The van der Waals surface area contributed by atoms with Gasteiger partial charge in [-0.2, -0.15) is 0 Å². The highest BCUT2D eigenvalue weighted by atomic mass is 16.4. The summed E-state index contributed by atoms with van der Waals surface area (Å²) in [6.45, 7) is 2.90. The van der Waals surface area contributed by atoms with Crippen LogP contribution >= 0.6 is 0 Å². The van der Waals surface area contributed by atoms with Gasteiger partial charge in [0.15, 0.2) is 0 Å². The van der Waals surface area contributed by atoms with E-state index in [9.17, 15) is 4.79 Å². The van der Waals surface area contributed by atoms with Gasteiger partial charge in [0, 0.05) is 18.3 Å². The second kappa shape index (κ2) is 4.22. The third-order valence-electron chi connectivity index (χ3n) is 2.41. The largest absolute Gasteiger partial charge is 0.477 e. The Kier molecular flexibility index (Phi) is 2.76. The van der Waals surface area contributed by atoms with Crippen molar-refractivity contribution in [3.05, 3.63) is 30.5 Å². The van der Waals surface area contributed by atoms with Crippen LogP contribution in [-0.2, 0) is 6.54 Å². The van der Waals surface area contributed by atoms with Gasteiger partial charge in [0.2, 0.25) is 0 Å². The summed E-state index contributed by atoms with van der Waals surface area (Å²) in [4.78, 5) is 17.8. The van der Waals surface area contributed by atoms with Crippen molar-refractivity contribution in [3.63, 3.8) is 0 Å². The molecule has 0 fully saturated rings. The number of hydrogen-bond acceptors (Lipinski definition) is 2. The van der Waals surface area contributed by atoms with Gasteiger partial charge in [0.1, 0.15) is 5.69 Å². The number of carboxylic acid groups (broad SMARTS) is 1. The predicted molar refractivity (Wildman–Crippen MR) is 59.3 cm³/mol. The van der Waals surface area contributed by atoms with Crippen molar-refractivity contribution in [1.29, 1.82) is 0 Å². The third-order valence-corrected chi connectivity index (χ3v) is 2.41. The SMILES string of the molecule is CCCn1cncc1-c1cc[nH]c1C(=O)O. The lowest BCUT2D eigenvalue weighted by molar-refractivity contribution is 0.0692. The smallest absolute Gasteiger partial charge is 0.353 e. The van der Waals surface area contributed by atoms with Crippen molar-refractivity contribution >= 4 is 5.97 Å². The predicted octanol–water partition coefficient (Wildman–Crippen LogP) is 1.99. The number of rotatable bonds is 4. The topological polar surface area (TPSA) is 70.9 Å². The maximum atomic E-state index is 11.0. The third kappa shape index (κ3) is 1.71. The molecule has 0 spiro atoms. The number of aromatic nitrogens is 3. The molecule has 0 amide bonds. The number of aromatic amines is 1. The van der Waals surface area contributed by atoms with Crippen LogP contribution in [0.5, 0.6) is 0 Å². The van der Waals surface area contributed by atoms with E-state index in [0.717, 1.165) is 18.7 Å². The van der Waals surface area contributed by atoms with E-state index in [2.05, 4.69) is 16.9 Å². The van der Waals surface area contributed by atoms with Gasteiger partial charge in [0.25, 0.3) is 0 Å². The summed E-state index contributed by atoms with van der Waals surface area (Å²) in [6, 6.07) is 1.76. The van der Waals surface area contributed by atoms with Crippen LogP contribution in [-0.4, -0.2) is 25.6 Å². The Labute approximate surface area is 92.8 Å². The van der Waals surface area contributed by atoms with Crippen LogP contribution in [0.25, 0.3) is 11.3 Å². The molecule has 0 aliphatic rings. The molecule has 2 aromatic rings. The summed E-state index contributed by atoms with van der Waals surface area (Å²) in [5.74, 6) is -0.954. The van der Waals surface area contributed by atoms with Crippen LogP contribution < -0.4 is 0 Å². The Bertz CT molecular complexity index is 499. The lowest BCUT2D eigenvalue weighted by Crippen LogP contribution is -2.02. The van der Waals surface area contributed by atoms with Gasteiger partial charge in [-0.3, -0.25) is 0 Å². The quantitative estimate of drug-likeness (QED) is 0.826. The first-order valence-electron chi connectivity index (χ1n) is 5.15. The van der Waals surface area contributed by atoms with Gasteiger partial charge < -0.3 is 14.7 Å². The summed E-state index contributed by atoms with van der Waals surface area (Å²) in [7, 11) is 0. The Hall–Kier alpha value is -2.04. The van der Waals surface area contributed by atoms with Gasteiger partial charge in [-0.15, -0.1) is 0 Å². The molecule has 84 valence electrons. The van der Waals surface area contributed by atoms with Crippen molar-refractivity contribution in [1.82, 2.24) is 14.5 Å². The van der Waals surface area contributed by atoms with E-state index in [1.54, 1.807) is 24.8 Å². The Morgan fingerprint density at radius 3 is 3.12 bits per heavy atom. The zero-order valence-electron chi connectivity index (χ0n) is 8.97. The molecule has 0 aliphatic heterocycles. The maximum Gasteiger partial charge on any atom is 0.353 e. The Morgan fingerprint density at radius 2 is 2.44 bits per heavy atom. The van der Waals surface area contributed by atoms with Gasteiger partial charge in [-0.1, -0.05) is 6.92 Å². The Morgan fingerprint density at radius 1 is 1.62 bits per heavy atom. The van der Waals surface area contributed by atoms with E-state index in [4.69, 9.17) is 5.11 Å². The average Bonchev–Trinajstić information content (AvgIpc) is 2.83. The van der Waals surface area contributed by atoms with Crippen molar-refractivity contribution < 1.29 is 9.90 Å². The molecule has 0 aromatic carbocycles. The second-order valence-corrected chi connectivity index (χ2v) is 3.54. The molecule has 5 nitrogen and oxygen atoms in total. The van der Waals surface area contributed by atoms with Crippen LogP contribution in [0.3, 0.4) is 0 Å². The molecule has 2 heterocycles. The average molecular weight is 219 g/mol. The highest BCUT2D eigenvalue weighted by Crippen LogP contribution is 2.22. The molecule has 2 aromatic heterocycles. The lowest BCUT2D eigenvalue weighted by atomic mass is 10.2. The normalized spacial score (nSPS) is 10.6. The van der Waals surface area contributed by atoms with Gasteiger partial charge in [0.05, 0.1) is 18.2 Å². The first kappa shape index (κ1) is 10.5. The minimum Gasteiger partial charge on any atom is -0.477 e. The molecule has 0 saturated heterocycles. The van der Waals surface area contributed by atoms with Crippen LogP contribution in [0.4, 0.5) is 0 Å². The van der Waals surface area contributed by atoms with Crippen LogP contribution in [0, 0.1) is 0 Å². The van der Waals surface area contributed by atoms with Crippen molar-refractivity contribution in [2.75, 3.05) is 0 Å². The highest BCUT2D eigenvalue weighted by Gasteiger charge is 2.15. The number of carbonyl (C=O) groups is 1. The van der Waals surface area contributed by atoms with E-state index >= 15 is 0 Å². The number of carboxylic acids is 1. The number of aromatic carboxylic acids is 1. The highest BCUT2D eigenvalue weighted by molar-refractivity contribution is 5.93. The molecule has 5 heteroatoms. The number of nitrogens with zero attached hydrogens (tertiary/aromatic N) is 2. The molecular weight excluding hydrogens is 206 g/mol. The van der Waals surface area contributed by atoms with Gasteiger partial charge in [-0.05, 0) is 12.5 Å². The fourth-order valence-electron chi connectivity index (χ4n) is 1.72. The molecule has 0 saturated carbocycles. The molecule has 0 atom stereocenters. The van der Waals surface area contributed by atoms with E-state index in [1.165, 1.54) is 0 Å².